The molecule has 1 saturated heterocycles. The second-order valence-corrected chi connectivity index (χ2v) is 6.12. The van der Waals surface area contributed by atoms with Crippen LogP contribution in [-0.4, -0.2) is 37.0 Å². The number of aryl methyl sites for hydroxylation is 1. The number of methoxy groups -OCH3 is 1. The average Bonchev–Trinajstić information content (AvgIpc) is 3.04. The Morgan fingerprint density at radius 2 is 1.88 bits per heavy atom. The molecule has 0 saturated carbocycles. The van der Waals surface area contributed by atoms with Crippen molar-refractivity contribution in [2.24, 2.45) is 0 Å². The van der Waals surface area contributed by atoms with Crippen LogP contribution in [0.3, 0.4) is 0 Å². The smallest absolute Gasteiger partial charge is 0.260 e. The van der Waals surface area contributed by atoms with Crippen LogP contribution in [0.5, 0.6) is 5.75 Å². The molecule has 1 aliphatic heterocycles. The van der Waals surface area contributed by atoms with Crippen molar-refractivity contribution in [2.45, 2.75) is 19.8 Å². The van der Waals surface area contributed by atoms with E-state index in [1.807, 2.05) is 55.5 Å². The summed E-state index contributed by atoms with van der Waals surface area (Å²) in [4.78, 5) is 28.7. The number of ether oxygens (including phenoxy) is 1. The summed E-state index contributed by atoms with van der Waals surface area (Å²) in [5.74, 6) is 0.552. The summed E-state index contributed by atoms with van der Waals surface area (Å²) in [5, 5.41) is 0. The number of hydrogen-bond donors (Lipinski definition) is 0. The third kappa shape index (κ3) is 3.50. The van der Waals surface area contributed by atoms with Gasteiger partial charge < -0.3 is 9.64 Å². The van der Waals surface area contributed by atoms with Crippen molar-refractivity contribution >= 4 is 17.5 Å². The van der Waals surface area contributed by atoms with Gasteiger partial charge in [-0.2, -0.15) is 0 Å². The van der Waals surface area contributed by atoms with Crippen LogP contribution in [-0.2, 0) is 4.79 Å². The van der Waals surface area contributed by atoms with Crippen LogP contribution in [0.1, 0.15) is 28.8 Å². The molecular formula is C20H22N2O3. The number of amides is 2. The molecule has 0 unspecified atom stereocenters. The van der Waals surface area contributed by atoms with Crippen LogP contribution >= 0.6 is 0 Å². The Morgan fingerprint density at radius 3 is 2.56 bits per heavy atom. The summed E-state index contributed by atoms with van der Waals surface area (Å²) in [7, 11) is 1.58. The second kappa shape index (κ2) is 7.38. The Morgan fingerprint density at radius 1 is 1.16 bits per heavy atom. The Balaban J connectivity index is 2.01. The molecule has 5 nitrogen and oxygen atoms in total. The third-order valence-corrected chi connectivity index (χ3v) is 4.48. The maximum Gasteiger partial charge on any atom is 0.260 e. The molecule has 0 aliphatic carbocycles. The number of rotatable bonds is 5. The van der Waals surface area contributed by atoms with Gasteiger partial charge in [0.05, 0.1) is 12.8 Å². The monoisotopic (exact) mass is 338 g/mol. The maximum atomic E-state index is 13.3. The van der Waals surface area contributed by atoms with Gasteiger partial charge in [0.25, 0.3) is 5.91 Å². The van der Waals surface area contributed by atoms with Crippen LogP contribution in [0, 0.1) is 6.92 Å². The van der Waals surface area contributed by atoms with Gasteiger partial charge in [-0.05, 0) is 37.1 Å². The number of nitrogens with zero attached hydrogens (tertiary/aromatic N) is 2. The van der Waals surface area contributed by atoms with Crippen molar-refractivity contribution in [1.29, 1.82) is 0 Å². The standard InChI is InChI=1S/C20H22N2O3/c1-15-8-3-4-9-16(15)20(24)22(14-21-13-7-12-19(21)23)17-10-5-6-11-18(17)25-2/h3-6,8-11H,7,12-14H2,1-2H3. The van der Waals surface area contributed by atoms with E-state index in [0.717, 1.165) is 12.0 Å². The molecule has 1 heterocycles. The van der Waals surface area contributed by atoms with E-state index < -0.39 is 0 Å². The topological polar surface area (TPSA) is 49.9 Å². The fraction of sp³-hybridized carbons (Fsp3) is 0.300. The molecule has 0 radical (unpaired) electrons. The number of carbonyl (C=O) groups is 2. The van der Waals surface area contributed by atoms with Crippen LogP contribution < -0.4 is 9.64 Å². The minimum absolute atomic E-state index is 0.0810. The quantitative estimate of drug-likeness (QED) is 0.841. The van der Waals surface area contributed by atoms with Crippen molar-refractivity contribution in [3.8, 4) is 5.75 Å². The molecule has 0 atom stereocenters. The van der Waals surface area contributed by atoms with E-state index >= 15 is 0 Å². The number of hydrogen-bond acceptors (Lipinski definition) is 3. The van der Waals surface area contributed by atoms with Gasteiger partial charge in [-0.3, -0.25) is 14.5 Å². The van der Waals surface area contributed by atoms with Crippen LogP contribution in [0.2, 0.25) is 0 Å². The summed E-state index contributed by atoms with van der Waals surface area (Å²) in [6.45, 7) is 2.81. The molecule has 130 valence electrons. The molecule has 2 amide bonds. The van der Waals surface area contributed by atoms with E-state index in [1.165, 1.54) is 0 Å². The fourth-order valence-electron chi connectivity index (χ4n) is 3.09. The van der Waals surface area contributed by atoms with E-state index in [4.69, 9.17) is 4.74 Å². The Labute approximate surface area is 147 Å². The number of carbonyl (C=O) groups excluding carboxylic acids is 2. The highest BCUT2D eigenvalue weighted by Crippen LogP contribution is 2.30. The SMILES string of the molecule is COc1ccccc1N(CN1CCCC1=O)C(=O)c1ccccc1C. The first-order valence-electron chi connectivity index (χ1n) is 8.40. The number of benzene rings is 2. The van der Waals surface area contributed by atoms with Gasteiger partial charge in [-0.25, -0.2) is 0 Å². The summed E-state index contributed by atoms with van der Waals surface area (Å²) in [6.07, 6.45) is 1.37. The summed E-state index contributed by atoms with van der Waals surface area (Å²) in [5.41, 5.74) is 2.19. The summed E-state index contributed by atoms with van der Waals surface area (Å²) < 4.78 is 5.44. The highest BCUT2D eigenvalue weighted by Gasteiger charge is 2.28. The van der Waals surface area contributed by atoms with Crippen LogP contribution in [0.4, 0.5) is 5.69 Å². The minimum atomic E-state index is -0.137. The van der Waals surface area contributed by atoms with Crippen molar-refractivity contribution < 1.29 is 14.3 Å². The van der Waals surface area contributed by atoms with Crippen molar-refractivity contribution in [1.82, 2.24) is 4.90 Å². The van der Waals surface area contributed by atoms with Crippen molar-refractivity contribution in [3.63, 3.8) is 0 Å². The molecule has 1 aliphatic rings. The molecule has 5 heteroatoms. The fourth-order valence-corrected chi connectivity index (χ4v) is 3.09. The highest BCUT2D eigenvalue weighted by molar-refractivity contribution is 6.08. The molecule has 0 spiro atoms. The molecule has 0 bridgehead atoms. The molecule has 0 aromatic heterocycles. The largest absolute Gasteiger partial charge is 0.495 e. The Hall–Kier alpha value is -2.82. The molecule has 25 heavy (non-hydrogen) atoms. The molecule has 3 rings (SSSR count). The molecule has 1 fully saturated rings. The number of likely N-dealkylation sites (tertiary alicyclic amines) is 1. The van der Waals surface area contributed by atoms with Gasteiger partial charge in [0.15, 0.2) is 0 Å². The first-order chi connectivity index (χ1) is 12.1. The van der Waals surface area contributed by atoms with E-state index in [1.54, 1.807) is 16.9 Å². The predicted octanol–water partition coefficient (Wildman–Crippen LogP) is 3.23. The van der Waals surface area contributed by atoms with Crippen LogP contribution in [0.25, 0.3) is 0 Å². The zero-order chi connectivity index (χ0) is 17.8. The van der Waals surface area contributed by atoms with Gasteiger partial charge in [0.2, 0.25) is 5.91 Å². The number of para-hydroxylation sites is 2. The second-order valence-electron chi connectivity index (χ2n) is 6.12. The first kappa shape index (κ1) is 17.0. The third-order valence-electron chi connectivity index (χ3n) is 4.48. The molecule has 2 aromatic rings. The van der Waals surface area contributed by atoms with Gasteiger partial charge in [0, 0.05) is 18.5 Å². The lowest BCUT2D eigenvalue weighted by Gasteiger charge is -2.29. The lowest BCUT2D eigenvalue weighted by atomic mass is 10.1. The summed E-state index contributed by atoms with van der Waals surface area (Å²) >= 11 is 0. The molecular weight excluding hydrogens is 316 g/mol. The average molecular weight is 338 g/mol. The Kier molecular flexibility index (Phi) is 5.03. The Bertz CT molecular complexity index is 788. The van der Waals surface area contributed by atoms with Gasteiger partial charge in [-0.1, -0.05) is 30.3 Å². The number of anilines is 1. The predicted molar refractivity (Wildman–Crippen MR) is 96.8 cm³/mol. The van der Waals surface area contributed by atoms with Crippen molar-refractivity contribution in [2.75, 3.05) is 25.2 Å². The highest BCUT2D eigenvalue weighted by atomic mass is 16.5. The van der Waals surface area contributed by atoms with E-state index in [-0.39, 0.29) is 18.5 Å². The van der Waals surface area contributed by atoms with E-state index in [2.05, 4.69) is 0 Å². The summed E-state index contributed by atoms with van der Waals surface area (Å²) in [6, 6.07) is 14.9. The lowest BCUT2D eigenvalue weighted by molar-refractivity contribution is -0.127. The van der Waals surface area contributed by atoms with Crippen LogP contribution in [0.15, 0.2) is 48.5 Å². The van der Waals surface area contributed by atoms with E-state index in [9.17, 15) is 9.59 Å². The zero-order valence-electron chi connectivity index (χ0n) is 14.6. The van der Waals surface area contributed by atoms with Gasteiger partial charge in [-0.15, -0.1) is 0 Å². The van der Waals surface area contributed by atoms with E-state index in [0.29, 0.717) is 30.0 Å². The lowest BCUT2D eigenvalue weighted by Crippen LogP contribution is -2.42. The molecule has 0 N–H and O–H groups in total. The molecule has 2 aromatic carbocycles. The normalized spacial score (nSPS) is 13.8. The first-order valence-corrected chi connectivity index (χ1v) is 8.40. The van der Waals surface area contributed by atoms with Gasteiger partial charge >= 0.3 is 0 Å². The van der Waals surface area contributed by atoms with Gasteiger partial charge in [0.1, 0.15) is 12.4 Å². The zero-order valence-corrected chi connectivity index (χ0v) is 14.6. The van der Waals surface area contributed by atoms with Crippen molar-refractivity contribution in [3.05, 3.63) is 59.7 Å². The maximum absolute atomic E-state index is 13.3. The minimum Gasteiger partial charge on any atom is -0.495 e.